The van der Waals surface area contributed by atoms with Crippen molar-refractivity contribution in [3.05, 3.63) is 56.3 Å². The van der Waals surface area contributed by atoms with Gasteiger partial charge in [-0.15, -0.1) is 0 Å². The predicted molar refractivity (Wildman–Crippen MR) is 85.5 cm³/mol. The third kappa shape index (κ3) is 2.27. The van der Waals surface area contributed by atoms with E-state index in [1.54, 1.807) is 6.26 Å². The molecule has 0 aliphatic rings. The Balaban J connectivity index is 2.13. The van der Waals surface area contributed by atoms with Gasteiger partial charge in [-0.1, -0.05) is 38.8 Å². The average molecular weight is 400 g/mol. The van der Waals surface area contributed by atoms with Crippen molar-refractivity contribution in [1.82, 2.24) is 9.97 Å². The van der Waals surface area contributed by atoms with Crippen molar-refractivity contribution in [3.8, 4) is 0 Å². The fourth-order valence-corrected chi connectivity index (χ4v) is 3.96. The van der Waals surface area contributed by atoms with Crippen LogP contribution in [-0.4, -0.2) is 9.97 Å². The van der Waals surface area contributed by atoms with Gasteiger partial charge in [0.15, 0.2) is 0 Å². The van der Waals surface area contributed by atoms with Crippen LogP contribution in [0.3, 0.4) is 0 Å². The SMILES string of the molecule is CCc1occc1C(Br)c1cc2[nH]c(=O)[nH]c2cc1Br. The Hall–Kier alpha value is -1.27. The normalized spacial score (nSPS) is 12.9. The van der Waals surface area contributed by atoms with Crippen LogP contribution in [0.25, 0.3) is 11.0 Å². The first-order chi connectivity index (χ1) is 9.60. The molecule has 2 aromatic heterocycles. The zero-order valence-electron chi connectivity index (χ0n) is 10.7. The van der Waals surface area contributed by atoms with E-state index >= 15 is 0 Å². The van der Waals surface area contributed by atoms with Gasteiger partial charge in [-0.2, -0.15) is 0 Å². The molecule has 3 rings (SSSR count). The molecular weight excluding hydrogens is 388 g/mol. The molecule has 3 aromatic rings. The summed E-state index contributed by atoms with van der Waals surface area (Å²) in [7, 11) is 0. The van der Waals surface area contributed by atoms with Gasteiger partial charge in [-0.25, -0.2) is 4.79 Å². The van der Waals surface area contributed by atoms with Crippen LogP contribution >= 0.6 is 31.9 Å². The number of nitrogens with one attached hydrogen (secondary N) is 2. The van der Waals surface area contributed by atoms with Crippen LogP contribution in [0, 0.1) is 0 Å². The summed E-state index contributed by atoms with van der Waals surface area (Å²) in [5, 5.41) is 0. The summed E-state index contributed by atoms with van der Waals surface area (Å²) in [6, 6.07) is 5.83. The summed E-state index contributed by atoms with van der Waals surface area (Å²) in [5.41, 5.74) is 3.52. The van der Waals surface area contributed by atoms with Crippen LogP contribution < -0.4 is 5.69 Å². The summed E-state index contributed by atoms with van der Waals surface area (Å²) < 4.78 is 6.41. The van der Waals surface area contributed by atoms with Gasteiger partial charge in [-0.05, 0) is 23.8 Å². The van der Waals surface area contributed by atoms with Crippen LogP contribution in [-0.2, 0) is 6.42 Å². The van der Waals surface area contributed by atoms with Crippen LogP contribution in [0.1, 0.15) is 28.6 Å². The number of aryl methyl sites for hydroxylation is 1. The maximum atomic E-state index is 11.4. The second kappa shape index (κ2) is 5.26. The molecular formula is C14H12Br2N2O2. The molecule has 1 unspecified atom stereocenters. The number of aromatic nitrogens is 2. The molecule has 0 bridgehead atoms. The van der Waals surface area contributed by atoms with E-state index in [0.29, 0.717) is 0 Å². The minimum atomic E-state index is -0.201. The average Bonchev–Trinajstić information content (AvgIpc) is 3.01. The summed E-state index contributed by atoms with van der Waals surface area (Å²) in [6.07, 6.45) is 2.54. The molecule has 2 N–H and O–H groups in total. The van der Waals surface area contributed by atoms with Crippen molar-refractivity contribution in [2.45, 2.75) is 18.2 Å². The molecule has 0 amide bonds. The monoisotopic (exact) mass is 398 g/mol. The standard InChI is InChI=1S/C14H12Br2N2O2/c1-2-12-7(3-4-20-12)13(16)8-5-10-11(6-9(8)15)18-14(19)17-10/h3-6,13H,2H2,1H3,(H2,17,18,19). The van der Waals surface area contributed by atoms with E-state index in [0.717, 1.165) is 38.8 Å². The minimum Gasteiger partial charge on any atom is -0.469 e. The summed E-state index contributed by atoms with van der Waals surface area (Å²) in [5.74, 6) is 0.960. The van der Waals surface area contributed by atoms with Gasteiger partial charge < -0.3 is 14.4 Å². The molecule has 6 heteroatoms. The fourth-order valence-electron chi connectivity index (χ4n) is 2.30. The first kappa shape index (κ1) is 13.7. The Morgan fingerprint density at radius 3 is 2.65 bits per heavy atom. The van der Waals surface area contributed by atoms with Gasteiger partial charge in [0.2, 0.25) is 0 Å². The second-order valence-corrected chi connectivity index (χ2v) is 6.28. The van der Waals surface area contributed by atoms with Gasteiger partial charge >= 0.3 is 5.69 Å². The second-order valence-electron chi connectivity index (χ2n) is 4.51. The summed E-state index contributed by atoms with van der Waals surface area (Å²) in [4.78, 5) is 16.9. The molecule has 0 radical (unpaired) electrons. The van der Waals surface area contributed by atoms with Crippen molar-refractivity contribution in [1.29, 1.82) is 0 Å². The highest BCUT2D eigenvalue weighted by Crippen LogP contribution is 2.38. The lowest BCUT2D eigenvalue weighted by Gasteiger charge is -2.12. The Kier molecular flexibility index (Phi) is 3.60. The van der Waals surface area contributed by atoms with E-state index in [1.165, 1.54) is 0 Å². The van der Waals surface area contributed by atoms with E-state index in [2.05, 4.69) is 48.8 Å². The number of alkyl halides is 1. The molecule has 1 aromatic carbocycles. The number of H-pyrrole nitrogens is 2. The Bertz CT molecular complexity index is 816. The van der Waals surface area contributed by atoms with Gasteiger partial charge in [0.1, 0.15) is 5.76 Å². The topological polar surface area (TPSA) is 61.8 Å². The Labute approximate surface area is 131 Å². The van der Waals surface area contributed by atoms with Gasteiger partial charge in [0, 0.05) is 16.5 Å². The number of aromatic amines is 2. The van der Waals surface area contributed by atoms with Crippen molar-refractivity contribution < 1.29 is 4.42 Å². The van der Waals surface area contributed by atoms with Crippen molar-refractivity contribution in [3.63, 3.8) is 0 Å². The number of imidazole rings is 1. The third-order valence-corrected chi connectivity index (χ3v) is 4.95. The maximum Gasteiger partial charge on any atom is 0.323 e. The van der Waals surface area contributed by atoms with Crippen LogP contribution in [0.2, 0.25) is 0 Å². The van der Waals surface area contributed by atoms with Crippen molar-refractivity contribution >= 4 is 42.9 Å². The van der Waals surface area contributed by atoms with Crippen molar-refractivity contribution in [2.75, 3.05) is 0 Å². The molecule has 0 aliphatic heterocycles. The predicted octanol–water partition coefficient (Wildman–Crippen LogP) is 4.26. The summed E-state index contributed by atoms with van der Waals surface area (Å²) >= 11 is 7.28. The molecule has 20 heavy (non-hydrogen) atoms. The first-order valence-corrected chi connectivity index (χ1v) is 7.92. The fraction of sp³-hybridized carbons (Fsp3) is 0.214. The van der Waals surface area contributed by atoms with E-state index in [-0.39, 0.29) is 10.5 Å². The van der Waals surface area contributed by atoms with Gasteiger partial charge in [-0.3, -0.25) is 0 Å². The number of hydrogen-bond donors (Lipinski definition) is 2. The van der Waals surface area contributed by atoms with E-state index in [4.69, 9.17) is 4.42 Å². The van der Waals surface area contributed by atoms with Gasteiger partial charge in [0.05, 0.1) is 22.1 Å². The van der Waals surface area contributed by atoms with Crippen LogP contribution in [0.4, 0.5) is 0 Å². The molecule has 0 spiro atoms. The molecule has 0 saturated heterocycles. The quantitative estimate of drug-likeness (QED) is 0.646. The van der Waals surface area contributed by atoms with E-state index < -0.39 is 0 Å². The molecule has 0 fully saturated rings. The van der Waals surface area contributed by atoms with Gasteiger partial charge in [0.25, 0.3) is 0 Å². The molecule has 1 atom stereocenters. The van der Waals surface area contributed by atoms with Crippen LogP contribution in [0.15, 0.2) is 38.1 Å². The Morgan fingerprint density at radius 2 is 1.95 bits per heavy atom. The lowest BCUT2D eigenvalue weighted by Crippen LogP contribution is -1.99. The highest BCUT2D eigenvalue weighted by molar-refractivity contribution is 9.11. The number of halogens is 2. The van der Waals surface area contributed by atoms with Crippen LogP contribution in [0.5, 0.6) is 0 Å². The number of hydrogen-bond acceptors (Lipinski definition) is 2. The molecule has 104 valence electrons. The first-order valence-electron chi connectivity index (χ1n) is 6.22. The molecule has 2 heterocycles. The Morgan fingerprint density at radius 1 is 1.25 bits per heavy atom. The van der Waals surface area contributed by atoms with E-state index in [9.17, 15) is 4.79 Å². The lowest BCUT2D eigenvalue weighted by molar-refractivity contribution is 0.512. The lowest BCUT2D eigenvalue weighted by atomic mass is 10.0. The highest BCUT2D eigenvalue weighted by atomic mass is 79.9. The minimum absolute atomic E-state index is 0.00776. The number of fused-ring (bicyclic) bond motifs is 1. The largest absolute Gasteiger partial charge is 0.469 e. The molecule has 0 aliphatic carbocycles. The highest BCUT2D eigenvalue weighted by Gasteiger charge is 2.19. The third-order valence-electron chi connectivity index (χ3n) is 3.28. The smallest absolute Gasteiger partial charge is 0.323 e. The maximum absolute atomic E-state index is 11.4. The number of benzene rings is 1. The van der Waals surface area contributed by atoms with E-state index in [1.807, 2.05) is 18.2 Å². The number of rotatable bonds is 3. The zero-order valence-corrected chi connectivity index (χ0v) is 13.8. The molecule has 4 nitrogen and oxygen atoms in total. The van der Waals surface area contributed by atoms with Crippen molar-refractivity contribution in [2.24, 2.45) is 0 Å². The number of furan rings is 1. The zero-order chi connectivity index (χ0) is 14.3. The summed E-state index contributed by atoms with van der Waals surface area (Å²) in [6.45, 7) is 2.06. The molecule has 0 saturated carbocycles.